The first-order chi connectivity index (χ1) is 15.3. The molecule has 3 aromatic rings. The summed E-state index contributed by atoms with van der Waals surface area (Å²) in [7, 11) is 0. The number of benzene rings is 1. The zero-order valence-electron chi connectivity index (χ0n) is 17.4. The lowest BCUT2D eigenvalue weighted by molar-refractivity contribution is -0.115. The number of thioether (sulfide) groups is 1. The summed E-state index contributed by atoms with van der Waals surface area (Å²) in [6.45, 7) is 2.16. The van der Waals surface area contributed by atoms with Crippen molar-refractivity contribution in [1.29, 1.82) is 0 Å². The van der Waals surface area contributed by atoms with Crippen molar-refractivity contribution in [3.05, 3.63) is 46.4 Å². The van der Waals surface area contributed by atoms with Crippen LogP contribution in [0.2, 0.25) is 0 Å². The van der Waals surface area contributed by atoms with Crippen LogP contribution in [0.3, 0.4) is 0 Å². The molecule has 2 aromatic heterocycles. The van der Waals surface area contributed by atoms with Crippen molar-refractivity contribution < 1.29 is 4.79 Å². The maximum atomic E-state index is 12.3. The molecule has 7 nitrogen and oxygen atoms in total. The lowest BCUT2D eigenvalue weighted by atomic mass is 10.1. The number of rotatable bonds is 8. The van der Waals surface area contributed by atoms with E-state index in [0.29, 0.717) is 12.5 Å². The third-order valence-corrected chi connectivity index (χ3v) is 7.39. The van der Waals surface area contributed by atoms with Crippen LogP contribution in [-0.2, 0) is 17.0 Å². The fourth-order valence-electron chi connectivity index (χ4n) is 3.83. The summed E-state index contributed by atoms with van der Waals surface area (Å²) in [6.07, 6.45) is 6.50. The highest BCUT2D eigenvalue weighted by Gasteiger charge is 2.32. The van der Waals surface area contributed by atoms with Crippen molar-refractivity contribution in [3.8, 4) is 0 Å². The van der Waals surface area contributed by atoms with E-state index >= 15 is 0 Å². The summed E-state index contributed by atoms with van der Waals surface area (Å²) in [5, 5.41) is 15.8. The molecule has 9 heteroatoms. The van der Waals surface area contributed by atoms with Gasteiger partial charge in [0.05, 0.1) is 12.1 Å². The van der Waals surface area contributed by atoms with Gasteiger partial charge in [-0.25, -0.2) is 4.98 Å². The smallest absolute Gasteiger partial charge is 0.231 e. The minimum absolute atomic E-state index is 0.0422. The number of nitrogens with one attached hydrogen (secondary N) is 1. The van der Waals surface area contributed by atoms with Crippen molar-refractivity contribution in [2.75, 3.05) is 23.3 Å². The highest BCUT2D eigenvalue weighted by molar-refractivity contribution is 7.98. The van der Waals surface area contributed by atoms with E-state index in [4.69, 9.17) is 0 Å². The highest BCUT2D eigenvalue weighted by atomic mass is 32.2. The van der Waals surface area contributed by atoms with Gasteiger partial charge >= 0.3 is 0 Å². The number of aromatic nitrogens is 4. The Hall–Kier alpha value is -2.39. The fraction of sp³-hybridized carbons (Fsp3) is 0.455. The second-order valence-electron chi connectivity index (χ2n) is 8.04. The number of hydrogen-bond acceptors (Lipinski definition) is 7. The Balaban J connectivity index is 1.20. The van der Waals surface area contributed by atoms with E-state index < -0.39 is 0 Å². The molecule has 1 aromatic carbocycles. The Kier molecular flexibility index (Phi) is 6.22. The molecule has 0 bridgehead atoms. The summed E-state index contributed by atoms with van der Waals surface area (Å²) >= 11 is 3.23. The van der Waals surface area contributed by atoms with Crippen LogP contribution in [0, 0.1) is 0 Å². The van der Waals surface area contributed by atoms with Crippen LogP contribution < -0.4 is 10.2 Å². The van der Waals surface area contributed by atoms with Gasteiger partial charge in [-0.2, -0.15) is 0 Å². The van der Waals surface area contributed by atoms with Crippen molar-refractivity contribution in [3.63, 3.8) is 0 Å². The molecule has 1 saturated carbocycles. The monoisotopic (exact) mass is 454 g/mol. The van der Waals surface area contributed by atoms with Gasteiger partial charge in [-0.15, -0.1) is 21.5 Å². The molecular weight excluding hydrogens is 428 g/mol. The molecule has 162 valence electrons. The molecule has 5 rings (SSSR count). The van der Waals surface area contributed by atoms with Gasteiger partial charge in [-0.1, -0.05) is 30.0 Å². The second kappa shape index (κ2) is 9.40. The zero-order chi connectivity index (χ0) is 21.0. The number of carbonyl (C=O) groups excluding carboxylic acids is 1. The Morgan fingerprint density at radius 3 is 2.71 bits per heavy atom. The molecule has 1 aliphatic heterocycles. The van der Waals surface area contributed by atoms with Gasteiger partial charge in [0.1, 0.15) is 5.01 Å². The molecule has 2 fully saturated rings. The summed E-state index contributed by atoms with van der Waals surface area (Å²) in [6, 6.07) is 10.1. The molecule has 1 aliphatic carbocycles. The van der Waals surface area contributed by atoms with Crippen LogP contribution in [0.1, 0.15) is 48.8 Å². The second-order valence-corrected chi connectivity index (χ2v) is 9.93. The first-order valence-corrected chi connectivity index (χ1v) is 12.7. The summed E-state index contributed by atoms with van der Waals surface area (Å²) in [5.41, 5.74) is 1.80. The quantitative estimate of drug-likeness (QED) is 0.504. The van der Waals surface area contributed by atoms with Gasteiger partial charge in [-0.3, -0.25) is 9.36 Å². The number of para-hydroxylation sites is 1. The third-order valence-electron chi connectivity index (χ3n) is 5.52. The average molecular weight is 455 g/mol. The SMILES string of the molecule is O=C(Cc1nc(CSc2nnc(N3CCCCC3)n2C2CC2)cs1)Nc1ccccc1. The van der Waals surface area contributed by atoms with Gasteiger partial charge < -0.3 is 10.2 Å². The van der Waals surface area contributed by atoms with E-state index in [0.717, 1.165) is 46.3 Å². The topological polar surface area (TPSA) is 75.9 Å². The van der Waals surface area contributed by atoms with E-state index in [1.807, 2.05) is 35.7 Å². The van der Waals surface area contributed by atoms with Gasteiger partial charge in [-0.05, 0) is 44.2 Å². The number of anilines is 2. The molecule has 3 heterocycles. The predicted octanol–water partition coefficient (Wildman–Crippen LogP) is 4.53. The molecule has 0 radical (unpaired) electrons. The van der Waals surface area contributed by atoms with Crippen LogP contribution >= 0.6 is 23.1 Å². The maximum absolute atomic E-state index is 12.3. The lowest BCUT2D eigenvalue weighted by Crippen LogP contribution is -2.31. The first kappa shape index (κ1) is 20.5. The summed E-state index contributed by atoms with van der Waals surface area (Å²) < 4.78 is 2.34. The van der Waals surface area contributed by atoms with E-state index in [2.05, 4.69) is 30.0 Å². The molecule has 0 unspecified atom stereocenters. The minimum Gasteiger partial charge on any atom is -0.341 e. The van der Waals surface area contributed by atoms with Gasteiger partial charge in [0, 0.05) is 36.0 Å². The number of thiazole rings is 1. The maximum Gasteiger partial charge on any atom is 0.231 e. The van der Waals surface area contributed by atoms with Gasteiger partial charge in [0.25, 0.3) is 0 Å². The van der Waals surface area contributed by atoms with E-state index in [9.17, 15) is 4.79 Å². The normalized spacial score (nSPS) is 16.5. The molecular formula is C22H26N6OS2. The van der Waals surface area contributed by atoms with Crippen LogP contribution in [0.4, 0.5) is 11.6 Å². The standard InChI is InChI=1S/C22H26N6OS2/c29-19(23-16-7-3-1-4-8-16)13-20-24-17(14-30-20)15-31-22-26-25-21(28(22)18-9-10-18)27-11-5-2-6-12-27/h1,3-4,7-8,14,18H,2,5-6,9-13,15H2,(H,23,29). The molecule has 31 heavy (non-hydrogen) atoms. The van der Waals surface area contributed by atoms with Crippen LogP contribution in [0.5, 0.6) is 0 Å². The van der Waals surface area contributed by atoms with E-state index in [1.165, 1.54) is 43.4 Å². The third kappa shape index (κ3) is 5.10. The van der Waals surface area contributed by atoms with Crippen LogP contribution in [-0.4, -0.2) is 38.7 Å². The molecule has 1 amide bonds. The van der Waals surface area contributed by atoms with Crippen LogP contribution in [0.15, 0.2) is 40.9 Å². The minimum atomic E-state index is -0.0422. The largest absolute Gasteiger partial charge is 0.341 e. The number of amides is 1. The Morgan fingerprint density at radius 1 is 1.13 bits per heavy atom. The first-order valence-electron chi connectivity index (χ1n) is 10.9. The predicted molar refractivity (Wildman–Crippen MR) is 125 cm³/mol. The van der Waals surface area contributed by atoms with Gasteiger partial charge in [0.15, 0.2) is 5.16 Å². The van der Waals surface area contributed by atoms with E-state index in [-0.39, 0.29) is 5.91 Å². The number of piperidine rings is 1. The van der Waals surface area contributed by atoms with Crippen molar-refractivity contribution in [1.82, 2.24) is 19.7 Å². The number of hydrogen-bond donors (Lipinski definition) is 1. The molecule has 2 aliphatic rings. The molecule has 1 N–H and O–H groups in total. The van der Waals surface area contributed by atoms with Crippen molar-refractivity contribution >= 4 is 40.6 Å². The Bertz CT molecular complexity index is 1020. The van der Waals surface area contributed by atoms with Crippen LogP contribution in [0.25, 0.3) is 0 Å². The van der Waals surface area contributed by atoms with Crippen molar-refractivity contribution in [2.45, 2.75) is 55.5 Å². The lowest BCUT2D eigenvalue weighted by Gasteiger charge is -2.27. The summed E-state index contributed by atoms with van der Waals surface area (Å²) in [4.78, 5) is 19.3. The van der Waals surface area contributed by atoms with E-state index in [1.54, 1.807) is 11.8 Å². The fourth-order valence-corrected chi connectivity index (χ4v) is 5.62. The summed E-state index contributed by atoms with van der Waals surface area (Å²) in [5.74, 6) is 1.74. The Morgan fingerprint density at radius 2 is 1.94 bits per heavy atom. The zero-order valence-corrected chi connectivity index (χ0v) is 19.0. The molecule has 1 saturated heterocycles. The Labute approximate surface area is 190 Å². The molecule has 0 spiro atoms. The highest BCUT2D eigenvalue weighted by Crippen LogP contribution is 2.41. The van der Waals surface area contributed by atoms with Gasteiger partial charge in [0.2, 0.25) is 11.9 Å². The van der Waals surface area contributed by atoms with Crippen molar-refractivity contribution in [2.24, 2.45) is 0 Å². The average Bonchev–Trinajstić information content (AvgIpc) is 3.39. The number of nitrogens with zero attached hydrogens (tertiary/aromatic N) is 5. The molecule has 0 atom stereocenters. The number of carbonyl (C=O) groups is 1.